The van der Waals surface area contributed by atoms with E-state index in [2.05, 4.69) is 5.10 Å². The van der Waals surface area contributed by atoms with Gasteiger partial charge in [0.05, 0.1) is 18.4 Å². The van der Waals surface area contributed by atoms with Crippen LogP contribution in [0.25, 0.3) is 0 Å². The minimum absolute atomic E-state index is 0.129. The molecule has 2 aromatic rings. The van der Waals surface area contributed by atoms with E-state index in [1.807, 2.05) is 0 Å². The molecule has 0 bridgehead atoms. The zero-order valence-electron chi connectivity index (χ0n) is 25.6. The molecule has 2 heterocycles. The van der Waals surface area contributed by atoms with Crippen LogP contribution in [0.15, 0.2) is 18.2 Å². The fourth-order valence-electron chi connectivity index (χ4n) is 4.67. The highest BCUT2D eigenvalue weighted by Crippen LogP contribution is 2.34. The number of hydrogen-bond acceptors (Lipinski definition) is 13. The fraction of sp³-hybridized carbons (Fsp3) is 0.517. The van der Waals surface area contributed by atoms with Gasteiger partial charge in [-0.1, -0.05) is 0 Å². The van der Waals surface area contributed by atoms with Crippen LogP contribution in [0, 0.1) is 12.7 Å². The summed E-state index contributed by atoms with van der Waals surface area (Å²) >= 11 is 0. The quantitative estimate of drug-likeness (QED) is 0.204. The Morgan fingerprint density at radius 2 is 1.52 bits per heavy atom. The Hall–Kier alpha value is -4.53. The van der Waals surface area contributed by atoms with Gasteiger partial charge in [-0.3, -0.25) is 28.7 Å². The van der Waals surface area contributed by atoms with Crippen LogP contribution < -0.4 is 9.47 Å². The van der Waals surface area contributed by atoms with Gasteiger partial charge < -0.3 is 33.2 Å². The highest BCUT2D eigenvalue weighted by molar-refractivity contribution is 6.11. The van der Waals surface area contributed by atoms with Crippen molar-refractivity contribution in [2.24, 2.45) is 0 Å². The van der Waals surface area contributed by atoms with Crippen LogP contribution in [-0.4, -0.2) is 83.9 Å². The van der Waals surface area contributed by atoms with Crippen molar-refractivity contribution in [3.05, 3.63) is 40.8 Å². The third-order valence-electron chi connectivity index (χ3n) is 6.43. The first-order valence-electron chi connectivity index (χ1n) is 13.6. The van der Waals surface area contributed by atoms with Gasteiger partial charge in [0.25, 0.3) is 0 Å². The maximum Gasteiger partial charge on any atom is 0.303 e. The summed E-state index contributed by atoms with van der Waals surface area (Å²) in [6.07, 6.45) is -7.44. The molecular formula is C29H35FN2O12. The van der Waals surface area contributed by atoms with Gasteiger partial charge in [0, 0.05) is 39.8 Å². The van der Waals surface area contributed by atoms with Crippen molar-refractivity contribution in [1.29, 1.82) is 0 Å². The zero-order chi connectivity index (χ0) is 32.9. The van der Waals surface area contributed by atoms with E-state index in [0.29, 0.717) is 5.69 Å². The molecule has 3 rings (SSSR count). The smallest absolute Gasteiger partial charge is 0.303 e. The summed E-state index contributed by atoms with van der Waals surface area (Å²) in [6.45, 7) is 9.07. The second kappa shape index (κ2) is 14.3. The van der Waals surface area contributed by atoms with Gasteiger partial charge in [0.15, 0.2) is 12.2 Å². The zero-order valence-corrected chi connectivity index (χ0v) is 25.6. The highest BCUT2D eigenvalue weighted by Gasteiger charge is 2.54. The highest BCUT2D eigenvalue weighted by atomic mass is 19.1. The van der Waals surface area contributed by atoms with Crippen molar-refractivity contribution in [2.75, 3.05) is 13.7 Å². The third kappa shape index (κ3) is 7.89. The van der Waals surface area contributed by atoms with Gasteiger partial charge in [-0.2, -0.15) is 0 Å². The standard InChI is InChI=1S/C29H35FN2O12/c1-13(2)32-14(3)23(24(37)20-10-9-19(38-8)11-21(20)30)28(31-32)44-29-27(42-18(7)36)26(41-17(6)35)25(40-16(5)34)22(43-29)12-39-15(4)33/h9-11,13,22,25-27,29H,12H2,1-8H3/t22-,25-,26+,27-,29+/m1/s1. The Morgan fingerprint density at radius 3 is 2.05 bits per heavy atom. The van der Waals surface area contributed by atoms with Gasteiger partial charge in [0.1, 0.15) is 29.8 Å². The van der Waals surface area contributed by atoms with E-state index in [-0.39, 0.29) is 28.8 Å². The van der Waals surface area contributed by atoms with Crippen LogP contribution >= 0.6 is 0 Å². The number of ether oxygens (including phenoxy) is 7. The van der Waals surface area contributed by atoms with E-state index in [9.17, 15) is 24.0 Å². The van der Waals surface area contributed by atoms with Crippen molar-refractivity contribution in [1.82, 2.24) is 9.78 Å². The summed E-state index contributed by atoms with van der Waals surface area (Å²) in [7, 11) is 1.35. The molecule has 1 fully saturated rings. The van der Waals surface area contributed by atoms with E-state index < -0.39 is 72.8 Å². The minimum atomic E-state index is -1.65. The van der Waals surface area contributed by atoms with Gasteiger partial charge in [0.2, 0.25) is 24.1 Å². The lowest BCUT2D eigenvalue weighted by molar-refractivity contribution is -0.289. The van der Waals surface area contributed by atoms with Crippen LogP contribution in [0.1, 0.15) is 69.2 Å². The van der Waals surface area contributed by atoms with Gasteiger partial charge in [-0.15, -0.1) is 5.10 Å². The lowest BCUT2D eigenvalue weighted by atomic mass is 9.98. The van der Waals surface area contributed by atoms with Crippen molar-refractivity contribution < 1.29 is 61.5 Å². The Kier molecular flexibility index (Phi) is 11.0. The van der Waals surface area contributed by atoms with Gasteiger partial charge in [-0.05, 0) is 32.9 Å². The van der Waals surface area contributed by atoms with Crippen molar-refractivity contribution in [2.45, 2.75) is 85.2 Å². The number of halogens is 1. The average Bonchev–Trinajstić information content (AvgIpc) is 3.25. The predicted octanol–water partition coefficient (Wildman–Crippen LogP) is 2.61. The Labute approximate surface area is 252 Å². The number of rotatable bonds is 11. The van der Waals surface area contributed by atoms with Crippen molar-refractivity contribution in [3.63, 3.8) is 0 Å². The summed E-state index contributed by atoms with van der Waals surface area (Å²) in [5.41, 5.74) is -0.111. The molecule has 0 spiro atoms. The van der Waals surface area contributed by atoms with Crippen LogP contribution in [0.5, 0.6) is 11.6 Å². The Bertz CT molecular complexity index is 1420. The topological polar surface area (TPSA) is 168 Å². The molecule has 1 aromatic heterocycles. The van der Waals surface area contributed by atoms with Crippen molar-refractivity contribution in [3.8, 4) is 11.6 Å². The molecule has 5 atom stereocenters. The molecule has 0 radical (unpaired) electrons. The second-order valence-corrected chi connectivity index (χ2v) is 10.2. The van der Waals surface area contributed by atoms with E-state index in [4.69, 9.17) is 33.2 Å². The molecule has 0 N–H and O–H groups in total. The summed E-state index contributed by atoms with van der Waals surface area (Å²) in [6, 6.07) is 3.43. The van der Waals surface area contributed by atoms with Gasteiger partial charge >= 0.3 is 23.9 Å². The van der Waals surface area contributed by atoms with E-state index in [1.54, 1.807) is 20.8 Å². The lowest BCUT2D eigenvalue weighted by Crippen LogP contribution is -2.63. The molecule has 0 unspecified atom stereocenters. The van der Waals surface area contributed by atoms with E-state index in [0.717, 1.165) is 33.8 Å². The molecule has 240 valence electrons. The Morgan fingerprint density at radius 1 is 0.932 bits per heavy atom. The minimum Gasteiger partial charge on any atom is -0.497 e. The molecule has 0 aliphatic carbocycles. The SMILES string of the molecule is COc1ccc(C(=O)c2c(O[C@@H]3O[C@H](COC(C)=O)[C@@H](OC(C)=O)[C@H](OC(C)=O)[C@H]3OC(C)=O)nn(C(C)C)c2C)c(F)c1. The maximum absolute atomic E-state index is 15.0. The lowest BCUT2D eigenvalue weighted by Gasteiger charge is -2.43. The summed E-state index contributed by atoms with van der Waals surface area (Å²) in [5.74, 6) is -4.93. The molecular weight excluding hydrogens is 587 g/mol. The molecule has 0 saturated carbocycles. The molecule has 0 amide bonds. The summed E-state index contributed by atoms with van der Waals surface area (Å²) in [4.78, 5) is 61.7. The van der Waals surface area contributed by atoms with E-state index in [1.165, 1.54) is 23.9 Å². The molecule has 1 saturated heterocycles. The summed E-state index contributed by atoms with van der Waals surface area (Å²) in [5, 5.41) is 4.41. The number of esters is 4. The van der Waals surface area contributed by atoms with Crippen LogP contribution in [-0.2, 0) is 42.9 Å². The number of nitrogens with zero attached hydrogens (tertiary/aromatic N) is 2. The largest absolute Gasteiger partial charge is 0.497 e. The molecule has 1 aliphatic heterocycles. The average molecular weight is 623 g/mol. The number of aromatic nitrogens is 2. The molecule has 14 nitrogen and oxygen atoms in total. The number of methoxy groups -OCH3 is 1. The maximum atomic E-state index is 15.0. The third-order valence-corrected chi connectivity index (χ3v) is 6.43. The molecule has 44 heavy (non-hydrogen) atoms. The number of carbonyl (C=O) groups is 5. The van der Waals surface area contributed by atoms with E-state index >= 15 is 4.39 Å². The van der Waals surface area contributed by atoms with Crippen molar-refractivity contribution >= 4 is 29.7 Å². The van der Waals surface area contributed by atoms with Crippen LogP contribution in [0.3, 0.4) is 0 Å². The second-order valence-electron chi connectivity index (χ2n) is 10.2. The Balaban J connectivity index is 2.16. The molecule has 1 aliphatic rings. The first kappa shape index (κ1) is 34.0. The first-order valence-corrected chi connectivity index (χ1v) is 13.6. The first-order chi connectivity index (χ1) is 20.6. The fourth-order valence-corrected chi connectivity index (χ4v) is 4.67. The molecule has 1 aromatic carbocycles. The number of ketones is 1. The number of carbonyl (C=O) groups excluding carboxylic acids is 5. The van der Waals surface area contributed by atoms with Crippen LogP contribution in [0.4, 0.5) is 4.39 Å². The number of benzene rings is 1. The monoisotopic (exact) mass is 622 g/mol. The van der Waals surface area contributed by atoms with Gasteiger partial charge in [-0.25, -0.2) is 4.39 Å². The molecule has 15 heteroatoms. The van der Waals surface area contributed by atoms with Crippen LogP contribution in [0.2, 0.25) is 0 Å². The normalized spacial score (nSPS) is 21.3. The predicted molar refractivity (Wildman–Crippen MR) is 146 cm³/mol. The summed E-state index contributed by atoms with van der Waals surface area (Å²) < 4.78 is 54.9. The number of hydrogen-bond donors (Lipinski definition) is 0.